The van der Waals surface area contributed by atoms with Gasteiger partial charge in [0, 0.05) is 12.5 Å². The molecule has 232 valence electrons. The number of benzene rings is 5. The minimum absolute atomic E-state index is 0.0450. The van der Waals surface area contributed by atoms with Gasteiger partial charge < -0.3 is 20.1 Å². The molecule has 0 spiro atoms. The third-order valence-electron chi connectivity index (χ3n) is 7.43. The molecule has 5 aromatic rings. The van der Waals surface area contributed by atoms with Crippen molar-refractivity contribution < 1.29 is 28.3 Å². The van der Waals surface area contributed by atoms with Crippen molar-refractivity contribution in [2.24, 2.45) is 0 Å². The van der Waals surface area contributed by atoms with Crippen LogP contribution in [0.5, 0.6) is 11.5 Å². The number of phosphoric acid groups is 1. The minimum atomic E-state index is -4.02. The zero-order chi connectivity index (χ0) is 31.3. The molecule has 0 amide bonds. The quantitative estimate of drug-likeness (QED) is 0.137. The SMILES string of the molecule is O=P(O)(OCc1ccccc1)OCc1ccccc1.Oc1cc2c(cc1OCc1ccccc1)CCNCC2c1ccccc1. The highest BCUT2D eigenvalue weighted by Crippen LogP contribution is 2.45. The van der Waals surface area contributed by atoms with Crippen LogP contribution in [0.3, 0.4) is 0 Å². The van der Waals surface area contributed by atoms with Crippen LogP contribution in [-0.2, 0) is 39.9 Å². The predicted molar refractivity (Wildman–Crippen MR) is 176 cm³/mol. The number of nitrogens with one attached hydrogen (secondary N) is 1. The highest BCUT2D eigenvalue weighted by molar-refractivity contribution is 7.47. The Balaban J connectivity index is 0.000000187. The summed E-state index contributed by atoms with van der Waals surface area (Å²) in [6.45, 7) is 2.35. The van der Waals surface area contributed by atoms with E-state index >= 15 is 0 Å². The summed E-state index contributed by atoms with van der Waals surface area (Å²) in [6.07, 6.45) is 0.931. The van der Waals surface area contributed by atoms with Crippen LogP contribution in [0, 0.1) is 0 Å². The third kappa shape index (κ3) is 9.88. The lowest BCUT2D eigenvalue weighted by Crippen LogP contribution is -2.20. The standard InChI is InChI=1S/C23H23NO2.C14H15O4P/c25-22-14-20-19(13-23(22)26-16-17-7-3-1-4-8-17)11-12-24-15-21(20)18-9-5-2-6-10-18;15-19(16,17-11-13-7-3-1-4-8-13)18-12-14-9-5-2-6-10-14/h1-10,13-14,21,24-25H,11-12,15-16H2;1-10H,11-12H2,(H,15,16). The number of hydrogen-bond acceptors (Lipinski definition) is 6. The highest BCUT2D eigenvalue weighted by atomic mass is 31.2. The summed E-state index contributed by atoms with van der Waals surface area (Å²) in [5, 5.41) is 14.1. The molecular formula is C37H38NO6P. The van der Waals surface area contributed by atoms with Crippen LogP contribution in [0.2, 0.25) is 0 Å². The van der Waals surface area contributed by atoms with E-state index in [2.05, 4.69) is 29.6 Å². The lowest BCUT2D eigenvalue weighted by atomic mass is 9.88. The van der Waals surface area contributed by atoms with Crippen LogP contribution in [0.25, 0.3) is 0 Å². The normalized spacial score (nSPS) is 14.4. The van der Waals surface area contributed by atoms with Gasteiger partial charge in [-0.25, -0.2) is 4.57 Å². The van der Waals surface area contributed by atoms with Gasteiger partial charge in [-0.2, -0.15) is 0 Å². The zero-order valence-electron chi connectivity index (χ0n) is 25.0. The van der Waals surface area contributed by atoms with Crippen LogP contribution in [0.1, 0.15) is 39.3 Å². The number of rotatable bonds is 10. The van der Waals surface area contributed by atoms with E-state index in [4.69, 9.17) is 13.8 Å². The summed E-state index contributed by atoms with van der Waals surface area (Å²) in [7, 11) is -4.02. The molecule has 1 unspecified atom stereocenters. The van der Waals surface area contributed by atoms with Crippen LogP contribution in [0.4, 0.5) is 0 Å². The van der Waals surface area contributed by atoms with Gasteiger partial charge in [-0.3, -0.25) is 9.05 Å². The Labute approximate surface area is 264 Å². The molecule has 0 aromatic heterocycles. The molecule has 0 aliphatic carbocycles. The lowest BCUT2D eigenvalue weighted by molar-refractivity contribution is 0.137. The highest BCUT2D eigenvalue weighted by Gasteiger charge is 2.23. The first-order chi connectivity index (χ1) is 22.0. The number of hydrogen-bond donors (Lipinski definition) is 3. The van der Waals surface area contributed by atoms with E-state index in [1.807, 2.05) is 109 Å². The van der Waals surface area contributed by atoms with Crippen LogP contribution in [-0.4, -0.2) is 23.1 Å². The van der Waals surface area contributed by atoms with Gasteiger partial charge in [-0.05, 0) is 58.5 Å². The first-order valence-electron chi connectivity index (χ1n) is 14.9. The van der Waals surface area contributed by atoms with Gasteiger partial charge in [-0.15, -0.1) is 0 Å². The van der Waals surface area contributed by atoms with E-state index in [0.29, 0.717) is 12.4 Å². The molecule has 0 saturated heterocycles. The average Bonchev–Trinajstić information content (AvgIpc) is 3.29. The largest absolute Gasteiger partial charge is 0.504 e. The summed E-state index contributed by atoms with van der Waals surface area (Å²) in [4.78, 5) is 9.55. The minimum Gasteiger partial charge on any atom is -0.504 e. The lowest BCUT2D eigenvalue weighted by Gasteiger charge is -2.20. The Bertz CT molecular complexity index is 1610. The van der Waals surface area contributed by atoms with Crippen molar-refractivity contribution in [3.63, 3.8) is 0 Å². The van der Waals surface area contributed by atoms with Gasteiger partial charge >= 0.3 is 7.82 Å². The van der Waals surface area contributed by atoms with E-state index in [-0.39, 0.29) is 24.9 Å². The Kier molecular flexibility index (Phi) is 11.6. The molecule has 0 fully saturated rings. The van der Waals surface area contributed by atoms with Crippen molar-refractivity contribution in [1.82, 2.24) is 5.32 Å². The maximum absolute atomic E-state index is 11.7. The van der Waals surface area contributed by atoms with Crippen molar-refractivity contribution in [3.05, 3.63) is 167 Å². The fourth-order valence-electron chi connectivity index (χ4n) is 5.08. The van der Waals surface area contributed by atoms with Gasteiger partial charge in [0.2, 0.25) is 0 Å². The predicted octanol–water partition coefficient (Wildman–Crippen LogP) is 7.77. The Morgan fingerprint density at radius 1 is 0.689 bits per heavy atom. The van der Waals surface area contributed by atoms with Crippen molar-refractivity contribution >= 4 is 7.82 Å². The first kappa shape index (κ1) is 32.2. The fourth-order valence-corrected chi connectivity index (χ4v) is 5.78. The molecule has 0 bridgehead atoms. The number of phosphoric ester groups is 1. The number of phenols is 1. The monoisotopic (exact) mass is 623 g/mol. The van der Waals surface area contributed by atoms with Crippen LogP contribution in [0.15, 0.2) is 133 Å². The number of ether oxygens (including phenoxy) is 1. The van der Waals surface area contributed by atoms with E-state index in [9.17, 15) is 14.6 Å². The van der Waals surface area contributed by atoms with Gasteiger partial charge in [0.25, 0.3) is 0 Å². The molecule has 5 aromatic carbocycles. The van der Waals surface area contributed by atoms with Gasteiger partial charge in [0.1, 0.15) is 6.61 Å². The Morgan fingerprint density at radius 2 is 1.18 bits per heavy atom. The second kappa shape index (κ2) is 16.2. The number of fused-ring (bicyclic) bond motifs is 1. The molecule has 1 atom stereocenters. The second-order valence-corrected chi connectivity index (χ2v) is 12.2. The molecule has 7 nitrogen and oxygen atoms in total. The van der Waals surface area contributed by atoms with Gasteiger partial charge in [0.15, 0.2) is 11.5 Å². The zero-order valence-corrected chi connectivity index (χ0v) is 25.9. The summed E-state index contributed by atoms with van der Waals surface area (Å²) >= 11 is 0. The number of phenolic OH excluding ortho intramolecular Hbond substituents is 1. The summed E-state index contributed by atoms with van der Waals surface area (Å²) < 4.78 is 27.4. The average molecular weight is 624 g/mol. The van der Waals surface area contributed by atoms with Gasteiger partial charge in [-0.1, -0.05) is 121 Å². The maximum Gasteiger partial charge on any atom is 0.472 e. The molecule has 1 heterocycles. The molecule has 6 rings (SSSR count). The second-order valence-electron chi connectivity index (χ2n) is 10.7. The number of aromatic hydroxyl groups is 1. The molecule has 8 heteroatoms. The summed E-state index contributed by atoms with van der Waals surface area (Å²) in [5.74, 6) is 1.01. The van der Waals surface area contributed by atoms with Crippen LogP contribution >= 0.6 is 7.82 Å². The maximum atomic E-state index is 11.7. The molecule has 1 aliphatic rings. The molecule has 0 radical (unpaired) electrons. The summed E-state index contributed by atoms with van der Waals surface area (Å²) in [5.41, 5.74) is 6.42. The van der Waals surface area contributed by atoms with Crippen molar-refractivity contribution in [3.8, 4) is 11.5 Å². The van der Waals surface area contributed by atoms with E-state index in [0.717, 1.165) is 36.2 Å². The molecule has 1 aliphatic heterocycles. The Morgan fingerprint density at radius 3 is 1.71 bits per heavy atom. The first-order valence-corrected chi connectivity index (χ1v) is 16.4. The molecule has 0 saturated carbocycles. The van der Waals surface area contributed by atoms with Crippen molar-refractivity contribution in [2.75, 3.05) is 13.1 Å². The molecule has 3 N–H and O–H groups in total. The van der Waals surface area contributed by atoms with Gasteiger partial charge in [0.05, 0.1) is 13.2 Å². The van der Waals surface area contributed by atoms with E-state index in [1.54, 1.807) is 0 Å². The topological polar surface area (TPSA) is 97.3 Å². The van der Waals surface area contributed by atoms with E-state index < -0.39 is 7.82 Å². The smallest absolute Gasteiger partial charge is 0.472 e. The molecule has 45 heavy (non-hydrogen) atoms. The van der Waals surface area contributed by atoms with Crippen LogP contribution < -0.4 is 10.1 Å². The Hall–Kier alpha value is -4.23. The summed E-state index contributed by atoms with van der Waals surface area (Å²) in [6, 6.07) is 42.7. The van der Waals surface area contributed by atoms with E-state index in [1.165, 1.54) is 16.7 Å². The van der Waals surface area contributed by atoms with Crippen molar-refractivity contribution in [2.45, 2.75) is 32.2 Å². The van der Waals surface area contributed by atoms with Crippen molar-refractivity contribution in [1.29, 1.82) is 0 Å². The third-order valence-corrected chi connectivity index (χ3v) is 8.34. The fraction of sp³-hybridized carbons (Fsp3) is 0.189. The molecular weight excluding hydrogens is 585 g/mol.